The van der Waals surface area contributed by atoms with Crippen LogP contribution in [-0.4, -0.2) is 60.6 Å². The van der Waals surface area contributed by atoms with E-state index in [1.54, 1.807) is 30.3 Å². The Hall–Kier alpha value is -5.72. The number of fused-ring (bicyclic) bond motifs is 2. The number of carboxylic acids is 1. The number of halogens is 2. The molecule has 0 radical (unpaired) electrons. The minimum Gasteiger partial charge on any atom is -0.489 e. The summed E-state index contributed by atoms with van der Waals surface area (Å²) in [5.41, 5.74) is 9.49. The number of ether oxygens (including phenoxy) is 5. The van der Waals surface area contributed by atoms with E-state index in [9.17, 15) is 18.4 Å². The maximum atomic E-state index is 14.8. The monoisotopic (exact) mass is 836 g/mol. The first-order valence-corrected chi connectivity index (χ1v) is 21.0. The molecule has 61 heavy (non-hydrogen) atoms. The summed E-state index contributed by atoms with van der Waals surface area (Å²) in [5.74, 6) is 0.247. The molecule has 3 N–H and O–H groups in total. The number of carboxylic acid groups (broad SMARTS) is 1. The number of nitrogens with one attached hydrogen (secondary N) is 2. The Labute approximate surface area is 354 Å². The number of aliphatic carboxylic acids is 1. The Bertz CT molecular complexity index is 2460. The molecule has 12 heteroatoms. The lowest BCUT2D eigenvalue weighted by molar-refractivity contribution is -0.140. The van der Waals surface area contributed by atoms with Crippen molar-refractivity contribution < 1.29 is 47.2 Å². The number of benzene rings is 4. The quantitative estimate of drug-likeness (QED) is 0.0924. The van der Waals surface area contributed by atoms with Crippen LogP contribution >= 0.6 is 0 Å². The Morgan fingerprint density at radius 3 is 1.51 bits per heavy atom. The van der Waals surface area contributed by atoms with Crippen molar-refractivity contribution in [3.05, 3.63) is 129 Å². The average Bonchev–Trinajstić information content (AvgIpc) is 3.77. The van der Waals surface area contributed by atoms with Crippen molar-refractivity contribution in [1.29, 1.82) is 0 Å². The van der Waals surface area contributed by atoms with E-state index >= 15 is 0 Å². The number of esters is 1. The second-order valence-corrected chi connectivity index (χ2v) is 16.0. The Morgan fingerprint density at radius 1 is 0.656 bits per heavy atom. The highest BCUT2D eigenvalue weighted by molar-refractivity contribution is 5.84. The van der Waals surface area contributed by atoms with Crippen LogP contribution in [0.25, 0.3) is 21.8 Å². The van der Waals surface area contributed by atoms with Gasteiger partial charge in [0.05, 0.1) is 31.3 Å². The molecule has 8 rings (SSSR count). The van der Waals surface area contributed by atoms with Crippen molar-refractivity contribution in [3.8, 4) is 11.5 Å². The van der Waals surface area contributed by atoms with Crippen LogP contribution in [0.3, 0.4) is 0 Å². The molecule has 2 saturated heterocycles. The lowest BCUT2D eigenvalue weighted by atomic mass is 9.88. The molecule has 0 aliphatic carbocycles. The van der Waals surface area contributed by atoms with Gasteiger partial charge in [0.2, 0.25) is 0 Å². The molecule has 0 saturated carbocycles. The summed E-state index contributed by atoms with van der Waals surface area (Å²) in [4.78, 5) is 28.1. The van der Waals surface area contributed by atoms with Crippen LogP contribution in [0.4, 0.5) is 8.78 Å². The van der Waals surface area contributed by atoms with Crippen molar-refractivity contribution in [3.63, 3.8) is 0 Å². The Kier molecular flexibility index (Phi) is 14.4. The standard InChI is InChI=1S/C25H28FNO4.C24H26FNO4/c1-16-13-17(3-5-20(16)18-9-11-30-12-10-18)15-31-19-4-6-22-21(14-19)25(26)23(27-22)7-8-24(28)29-2;1-15-12-16(2-4-19(15)17-8-10-29-11-9-17)14-30-18-3-5-21-20(13-18)24(25)22(26-21)6-7-23(27)28/h3-6,13-14,18,27H,7-12,15H2,1-2H3;2-5,12-13,17,26H,6-11,14H2,1H3,(H,27,28). The van der Waals surface area contributed by atoms with Gasteiger partial charge >= 0.3 is 11.9 Å². The van der Waals surface area contributed by atoms with Crippen LogP contribution in [0.5, 0.6) is 11.5 Å². The third-order valence-corrected chi connectivity index (χ3v) is 11.8. The minimum atomic E-state index is -0.949. The zero-order valence-electron chi connectivity index (χ0n) is 35.0. The van der Waals surface area contributed by atoms with Crippen LogP contribution in [0.2, 0.25) is 0 Å². The molecule has 10 nitrogen and oxygen atoms in total. The van der Waals surface area contributed by atoms with E-state index in [4.69, 9.17) is 24.1 Å². The highest BCUT2D eigenvalue weighted by Crippen LogP contribution is 2.33. The van der Waals surface area contributed by atoms with Crippen LogP contribution < -0.4 is 9.47 Å². The summed E-state index contributed by atoms with van der Waals surface area (Å²) in [6, 6.07) is 23.5. The van der Waals surface area contributed by atoms with Gasteiger partial charge in [0, 0.05) is 61.1 Å². The smallest absolute Gasteiger partial charge is 0.305 e. The second kappa shape index (κ2) is 20.2. The summed E-state index contributed by atoms with van der Waals surface area (Å²) >= 11 is 0. The fourth-order valence-corrected chi connectivity index (χ4v) is 8.39. The summed E-state index contributed by atoms with van der Waals surface area (Å²) in [7, 11) is 1.33. The number of aryl methyl sites for hydroxylation is 4. The first-order chi connectivity index (χ1) is 29.6. The highest BCUT2D eigenvalue weighted by atomic mass is 19.1. The molecule has 0 amide bonds. The topological polar surface area (TPSA) is 132 Å². The molecule has 2 aromatic heterocycles. The average molecular weight is 837 g/mol. The number of H-pyrrole nitrogens is 2. The summed E-state index contributed by atoms with van der Waals surface area (Å²) in [5, 5.41) is 9.69. The van der Waals surface area contributed by atoms with Gasteiger partial charge in [-0.3, -0.25) is 9.59 Å². The third-order valence-electron chi connectivity index (χ3n) is 11.8. The van der Waals surface area contributed by atoms with E-state index in [-0.39, 0.29) is 37.5 Å². The molecular formula is C49H54F2N2O8. The molecule has 2 fully saturated rings. The fourth-order valence-electron chi connectivity index (χ4n) is 8.39. The van der Waals surface area contributed by atoms with E-state index in [1.807, 2.05) is 6.07 Å². The zero-order valence-corrected chi connectivity index (χ0v) is 35.0. The third kappa shape index (κ3) is 11.0. The van der Waals surface area contributed by atoms with Gasteiger partial charge in [0.25, 0.3) is 0 Å². The van der Waals surface area contributed by atoms with Gasteiger partial charge in [0.1, 0.15) is 24.7 Å². The number of hydrogen-bond acceptors (Lipinski definition) is 7. The first-order valence-electron chi connectivity index (χ1n) is 21.0. The molecule has 322 valence electrons. The number of carbonyl (C=O) groups is 2. The number of rotatable bonds is 14. The predicted molar refractivity (Wildman–Crippen MR) is 229 cm³/mol. The lowest BCUT2D eigenvalue weighted by Gasteiger charge is -2.24. The molecule has 0 spiro atoms. The zero-order chi connectivity index (χ0) is 42.9. The second-order valence-electron chi connectivity index (χ2n) is 16.0. The normalized spacial score (nSPS) is 14.8. The first kappa shape index (κ1) is 43.4. The van der Waals surface area contributed by atoms with Crippen LogP contribution in [-0.2, 0) is 49.9 Å². The predicted octanol–water partition coefficient (Wildman–Crippen LogP) is 10.3. The van der Waals surface area contributed by atoms with E-state index in [0.29, 0.717) is 69.7 Å². The number of carbonyl (C=O) groups excluding carboxylic acids is 1. The van der Waals surface area contributed by atoms with Crippen molar-refractivity contribution >= 4 is 33.7 Å². The van der Waals surface area contributed by atoms with Gasteiger partial charge in [-0.1, -0.05) is 36.4 Å². The Morgan fingerprint density at radius 2 is 1.10 bits per heavy atom. The van der Waals surface area contributed by atoms with Crippen LogP contribution in [0.15, 0.2) is 72.8 Å². The van der Waals surface area contributed by atoms with Gasteiger partial charge in [-0.25, -0.2) is 8.78 Å². The SMILES string of the molecule is COC(=O)CCc1[nH]c2ccc(OCc3ccc(C4CCOCC4)c(C)c3)cc2c1F.Cc1cc(COc2ccc3[nH]c(CCC(=O)O)c(F)c3c2)ccc1C1CCOCC1. The molecule has 0 atom stereocenters. The Balaban J connectivity index is 0.000000184. The lowest BCUT2D eigenvalue weighted by Crippen LogP contribution is -2.15. The maximum absolute atomic E-state index is 14.8. The number of hydrogen-bond donors (Lipinski definition) is 3. The molecule has 4 heterocycles. The van der Waals surface area contributed by atoms with Gasteiger partial charge in [-0.15, -0.1) is 0 Å². The summed E-state index contributed by atoms with van der Waals surface area (Å²) < 4.78 is 56.8. The van der Waals surface area contributed by atoms with E-state index in [1.165, 1.54) is 29.4 Å². The largest absolute Gasteiger partial charge is 0.489 e. The summed E-state index contributed by atoms with van der Waals surface area (Å²) in [6.45, 7) is 8.41. The fraction of sp³-hybridized carbons (Fsp3) is 0.388. The number of methoxy groups -OCH3 is 1. The number of aromatic nitrogens is 2. The molecule has 0 bridgehead atoms. The van der Waals surface area contributed by atoms with Gasteiger partial charge in [-0.2, -0.15) is 0 Å². The van der Waals surface area contributed by atoms with Gasteiger partial charge in [0.15, 0.2) is 11.6 Å². The molecule has 4 aromatic carbocycles. The van der Waals surface area contributed by atoms with E-state index in [0.717, 1.165) is 63.2 Å². The van der Waals surface area contributed by atoms with E-state index in [2.05, 4.69) is 65.0 Å². The minimum absolute atomic E-state index is 0.115. The van der Waals surface area contributed by atoms with Gasteiger partial charge in [-0.05, 0) is 121 Å². The molecule has 6 aromatic rings. The maximum Gasteiger partial charge on any atom is 0.305 e. The molecule has 2 aliphatic rings. The van der Waals surface area contributed by atoms with Crippen molar-refractivity contribution in [1.82, 2.24) is 9.97 Å². The molecule has 2 aliphatic heterocycles. The van der Waals surface area contributed by atoms with Crippen molar-refractivity contribution in [2.75, 3.05) is 33.5 Å². The highest BCUT2D eigenvalue weighted by Gasteiger charge is 2.20. The van der Waals surface area contributed by atoms with Gasteiger partial charge < -0.3 is 38.8 Å². The van der Waals surface area contributed by atoms with Crippen LogP contribution in [0, 0.1) is 25.5 Å². The molecule has 0 unspecified atom stereocenters. The van der Waals surface area contributed by atoms with Crippen LogP contribution in [0.1, 0.15) is 95.1 Å². The van der Waals surface area contributed by atoms with E-state index < -0.39 is 11.8 Å². The molecular weight excluding hydrogens is 783 g/mol. The summed E-state index contributed by atoms with van der Waals surface area (Å²) in [6.07, 6.45) is 4.68. The van der Waals surface area contributed by atoms with Crippen molar-refractivity contribution in [2.24, 2.45) is 0 Å². The number of aromatic amines is 2. The van der Waals surface area contributed by atoms with Crippen molar-refractivity contribution in [2.45, 2.75) is 90.3 Å².